The highest BCUT2D eigenvalue weighted by molar-refractivity contribution is 14.0. The Morgan fingerprint density at radius 3 is 2.75 bits per heavy atom. The molecule has 1 fully saturated rings. The fraction of sp³-hybridized carbons (Fsp3) is 0.647. The van der Waals surface area contributed by atoms with E-state index in [1.54, 1.807) is 6.20 Å². The molecule has 0 aliphatic carbocycles. The van der Waals surface area contributed by atoms with Crippen molar-refractivity contribution in [2.45, 2.75) is 39.8 Å². The maximum absolute atomic E-state index is 6.09. The molecule has 1 aliphatic heterocycles. The fourth-order valence-electron chi connectivity index (χ4n) is 2.60. The van der Waals surface area contributed by atoms with Crippen LogP contribution >= 0.6 is 35.7 Å². The number of thioether (sulfide) groups is 1. The van der Waals surface area contributed by atoms with Gasteiger partial charge >= 0.3 is 0 Å². The number of hydrogen-bond donors (Lipinski definition) is 1. The fourth-order valence-corrected chi connectivity index (χ4v) is 3.50. The quantitative estimate of drug-likeness (QED) is 0.398. The van der Waals surface area contributed by atoms with E-state index in [1.165, 1.54) is 0 Å². The molecule has 0 aromatic carbocycles. The van der Waals surface area contributed by atoms with Gasteiger partial charge in [0.05, 0.1) is 12.6 Å². The van der Waals surface area contributed by atoms with Gasteiger partial charge in [-0.05, 0) is 30.9 Å². The van der Waals surface area contributed by atoms with Gasteiger partial charge in [-0.2, -0.15) is 11.8 Å². The standard InChI is InChI=1S/C17H28N4OS.HI/c1-13(2)10-14(3)22-16-11-15(4-5-19-16)12-20-17(18)21-6-8-23-9-7-21;/h4-5,11,13-14H,6-10,12H2,1-3H3,(H2,18,20);1H. The molecule has 7 heteroatoms. The first-order valence-corrected chi connectivity index (χ1v) is 9.44. The van der Waals surface area contributed by atoms with Crippen molar-refractivity contribution < 1.29 is 4.74 Å². The second kappa shape index (κ2) is 11.0. The molecule has 0 saturated carbocycles. The van der Waals surface area contributed by atoms with Gasteiger partial charge in [-0.25, -0.2) is 9.98 Å². The second-order valence-corrected chi connectivity index (χ2v) is 7.56. The van der Waals surface area contributed by atoms with Gasteiger partial charge in [0.25, 0.3) is 0 Å². The molecule has 1 aromatic heterocycles. The Kier molecular flexibility index (Phi) is 9.80. The summed E-state index contributed by atoms with van der Waals surface area (Å²) in [7, 11) is 0. The largest absolute Gasteiger partial charge is 0.475 e. The lowest BCUT2D eigenvalue weighted by Gasteiger charge is -2.27. The van der Waals surface area contributed by atoms with E-state index in [0.717, 1.165) is 36.6 Å². The zero-order valence-electron chi connectivity index (χ0n) is 14.8. The number of guanidine groups is 1. The normalized spacial score (nSPS) is 16.7. The van der Waals surface area contributed by atoms with Gasteiger partial charge in [0.15, 0.2) is 5.96 Å². The van der Waals surface area contributed by atoms with Crippen LogP contribution in [0.5, 0.6) is 5.88 Å². The summed E-state index contributed by atoms with van der Waals surface area (Å²) in [5, 5.41) is 0. The highest BCUT2D eigenvalue weighted by Crippen LogP contribution is 2.15. The van der Waals surface area contributed by atoms with Crippen molar-refractivity contribution >= 4 is 41.7 Å². The Bertz CT molecular complexity index is 521. The molecule has 0 spiro atoms. The van der Waals surface area contributed by atoms with Crippen molar-refractivity contribution in [2.24, 2.45) is 16.6 Å². The van der Waals surface area contributed by atoms with Gasteiger partial charge in [0.1, 0.15) is 0 Å². The Balaban J connectivity index is 0.00000288. The molecule has 1 saturated heterocycles. The van der Waals surface area contributed by atoms with Gasteiger partial charge in [-0.1, -0.05) is 13.8 Å². The highest BCUT2D eigenvalue weighted by atomic mass is 127. The van der Waals surface area contributed by atoms with Crippen LogP contribution in [0.1, 0.15) is 32.8 Å². The van der Waals surface area contributed by atoms with Crippen LogP contribution in [-0.4, -0.2) is 46.5 Å². The zero-order chi connectivity index (χ0) is 16.7. The lowest BCUT2D eigenvalue weighted by molar-refractivity contribution is 0.185. The molecule has 2 rings (SSSR count). The number of nitrogens with two attached hydrogens (primary N) is 1. The Labute approximate surface area is 166 Å². The summed E-state index contributed by atoms with van der Waals surface area (Å²) in [4.78, 5) is 11.0. The van der Waals surface area contributed by atoms with E-state index in [0.29, 0.717) is 24.3 Å². The molecule has 1 aliphatic rings. The summed E-state index contributed by atoms with van der Waals surface area (Å²) in [5.41, 5.74) is 7.16. The Hall–Kier alpha value is -0.700. The van der Waals surface area contributed by atoms with Gasteiger partial charge in [0, 0.05) is 36.9 Å². The van der Waals surface area contributed by atoms with Crippen LogP contribution in [0.3, 0.4) is 0 Å². The molecule has 136 valence electrons. The first-order valence-electron chi connectivity index (χ1n) is 8.29. The minimum Gasteiger partial charge on any atom is -0.475 e. The van der Waals surface area contributed by atoms with E-state index in [1.807, 2.05) is 23.9 Å². The van der Waals surface area contributed by atoms with Gasteiger partial charge in [-0.15, -0.1) is 24.0 Å². The van der Waals surface area contributed by atoms with Crippen LogP contribution in [0.15, 0.2) is 23.3 Å². The maximum Gasteiger partial charge on any atom is 0.213 e. The molecule has 1 aromatic rings. The van der Waals surface area contributed by atoms with E-state index >= 15 is 0 Å². The highest BCUT2D eigenvalue weighted by Gasteiger charge is 2.12. The minimum absolute atomic E-state index is 0. The number of rotatable bonds is 6. The molecule has 24 heavy (non-hydrogen) atoms. The number of aliphatic imine (C=N–C) groups is 1. The minimum atomic E-state index is 0. The van der Waals surface area contributed by atoms with Crippen LogP contribution in [0.25, 0.3) is 0 Å². The van der Waals surface area contributed by atoms with Crippen LogP contribution in [0.2, 0.25) is 0 Å². The van der Waals surface area contributed by atoms with E-state index < -0.39 is 0 Å². The number of halogens is 1. The summed E-state index contributed by atoms with van der Waals surface area (Å²) in [6.45, 7) is 9.00. The lowest BCUT2D eigenvalue weighted by Crippen LogP contribution is -2.42. The number of ether oxygens (including phenoxy) is 1. The van der Waals surface area contributed by atoms with Crippen LogP contribution in [-0.2, 0) is 6.54 Å². The number of nitrogens with zero attached hydrogens (tertiary/aromatic N) is 3. The SMILES string of the molecule is CC(C)CC(C)Oc1cc(CN=C(N)N2CCSCC2)ccn1.I. The summed E-state index contributed by atoms with van der Waals surface area (Å²) in [6.07, 6.45) is 2.96. The van der Waals surface area contributed by atoms with Crippen molar-refractivity contribution in [3.8, 4) is 5.88 Å². The van der Waals surface area contributed by atoms with E-state index in [9.17, 15) is 0 Å². The first kappa shape index (κ1) is 21.3. The van der Waals surface area contributed by atoms with E-state index in [4.69, 9.17) is 10.5 Å². The predicted octanol–water partition coefficient (Wildman–Crippen LogP) is 3.38. The summed E-state index contributed by atoms with van der Waals surface area (Å²) in [5.74, 6) is 4.16. The number of pyridine rings is 1. The van der Waals surface area contributed by atoms with Crippen LogP contribution in [0, 0.1) is 5.92 Å². The molecular formula is C17H29IN4OS. The third-order valence-electron chi connectivity index (χ3n) is 3.68. The van der Waals surface area contributed by atoms with Crippen molar-refractivity contribution in [2.75, 3.05) is 24.6 Å². The Morgan fingerprint density at radius 2 is 2.08 bits per heavy atom. The molecule has 0 radical (unpaired) electrons. The predicted molar refractivity (Wildman–Crippen MR) is 113 cm³/mol. The monoisotopic (exact) mass is 464 g/mol. The molecule has 1 unspecified atom stereocenters. The third kappa shape index (κ3) is 7.46. The molecule has 2 heterocycles. The van der Waals surface area contributed by atoms with Crippen LogP contribution in [0.4, 0.5) is 0 Å². The second-order valence-electron chi connectivity index (χ2n) is 6.33. The van der Waals surface area contributed by atoms with Crippen LogP contribution < -0.4 is 10.5 Å². The number of hydrogen-bond acceptors (Lipinski definition) is 4. The van der Waals surface area contributed by atoms with Crippen molar-refractivity contribution in [3.63, 3.8) is 0 Å². The summed E-state index contributed by atoms with van der Waals surface area (Å²) in [6, 6.07) is 3.92. The molecule has 2 N–H and O–H groups in total. The third-order valence-corrected chi connectivity index (χ3v) is 4.63. The molecular weight excluding hydrogens is 435 g/mol. The van der Waals surface area contributed by atoms with Gasteiger partial charge in [0.2, 0.25) is 5.88 Å². The van der Waals surface area contributed by atoms with E-state index in [2.05, 4.69) is 35.6 Å². The molecule has 5 nitrogen and oxygen atoms in total. The number of aromatic nitrogens is 1. The molecule has 0 bridgehead atoms. The van der Waals surface area contributed by atoms with Crippen molar-refractivity contribution in [1.29, 1.82) is 0 Å². The maximum atomic E-state index is 6.09. The van der Waals surface area contributed by atoms with Gasteiger partial charge in [-0.3, -0.25) is 0 Å². The average Bonchev–Trinajstić information content (AvgIpc) is 2.53. The van der Waals surface area contributed by atoms with Crippen molar-refractivity contribution in [1.82, 2.24) is 9.88 Å². The topological polar surface area (TPSA) is 63.7 Å². The smallest absolute Gasteiger partial charge is 0.213 e. The summed E-state index contributed by atoms with van der Waals surface area (Å²) < 4.78 is 5.88. The summed E-state index contributed by atoms with van der Waals surface area (Å²) >= 11 is 1.97. The molecule has 1 atom stereocenters. The van der Waals surface area contributed by atoms with E-state index in [-0.39, 0.29) is 30.1 Å². The van der Waals surface area contributed by atoms with Gasteiger partial charge < -0.3 is 15.4 Å². The zero-order valence-corrected chi connectivity index (χ0v) is 17.9. The van der Waals surface area contributed by atoms with Crippen molar-refractivity contribution in [3.05, 3.63) is 23.9 Å². The lowest BCUT2D eigenvalue weighted by atomic mass is 10.1. The molecule has 0 amide bonds. The first-order chi connectivity index (χ1) is 11.0. The average molecular weight is 464 g/mol. The Morgan fingerprint density at radius 1 is 1.38 bits per heavy atom.